The molecule has 0 amide bonds. The lowest BCUT2D eigenvalue weighted by Crippen LogP contribution is -2.13. The van der Waals surface area contributed by atoms with Crippen molar-refractivity contribution in [3.63, 3.8) is 0 Å². The lowest BCUT2D eigenvalue weighted by molar-refractivity contribution is 0.0916. The summed E-state index contributed by atoms with van der Waals surface area (Å²) in [6.07, 6.45) is 0. The molecule has 0 saturated heterocycles. The van der Waals surface area contributed by atoms with Crippen LogP contribution in [0.25, 0.3) is 0 Å². The van der Waals surface area contributed by atoms with Crippen molar-refractivity contribution in [3.8, 4) is 5.75 Å². The van der Waals surface area contributed by atoms with Crippen molar-refractivity contribution in [2.24, 2.45) is 0 Å². The first-order chi connectivity index (χ1) is 9.90. The summed E-state index contributed by atoms with van der Waals surface area (Å²) >= 11 is 5.85. The van der Waals surface area contributed by atoms with Gasteiger partial charge in [-0.2, -0.15) is 0 Å². The largest absolute Gasteiger partial charge is 0.485 e. The van der Waals surface area contributed by atoms with E-state index in [-0.39, 0.29) is 18.2 Å². The van der Waals surface area contributed by atoms with Crippen LogP contribution in [0.3, 0.4) is 0 Å². The van der Waals surface area contributed by atoms with Crippen LogP contribution in [0.5, 0.6) is 5.75 Å². The van der Waals surface area contributed by atoms with E-state index in [1.165, 1.54) is 6.92 Å². The molecule has 0 unspecified atom stereocenters. The lowest BCUT2D eigenvalue weighted by Gasteiger charge is -2.05. The van der Waals surface area contributed by atoms with Crippen LogP contribution >= 0.6 is 11.6 Å². The van der Waals surface area contributed by atoms with Crippen LogP contribution < -0.4 is 4.74 Å². The predicted octanol–water partition coefficient (Wildman–Crippen LogP) is 3.75. The van der Waals surface area contributed by atoms with Crippen molar-refractivity contribution in [1.29, 1.82) is 0 Å². The number of hydrogen-bond donors (Lipinski definition) is 1. The standard InChI is InChI=1S/C16H16ClNO3/c1-9-15(11(3)19)10(2)18-16(9)14(20)8-21-13-6-4-5-12(17)7-13/h4-7,18H,8H2,1-3H3. The number of aromatic amines is 1. The minimum atomic E-state index is -0.205. The van der Waals surface area contributed by atoms with E-state index in [4.69, 9.17) is 16.3 Å². The summed E-state index contributed by atoms with van der Waals surface area (Å²) in [5, 5.41) is 0.547. The van der Waals surface area contributed by atoms with E-state index in [9.17, 15) is 9.59 Å². The molecule has 0 radical (unpaired) electrons. The van der Waals surface area contributed by atoms with E-state index < -0.39 is 0 Å². The highest BCUT2D eigenvalue weighted by atomic mass is 35.5. The van der Waals surface area contributed by atoms with Gasteiger partial charge in [0.05, 0.1) is 5.69 Å². The van der Waals surface area contributed by atoms with Crippen molar-refractivity contribution in [1.82, 2.24) is 4.98 Å². The Balaban J connectivity index is 2.14. The van der Waals surface area contributed by atoms with Crippen molar-refractivity contribution in [3.05, 3.63) is 51.8 Å². The van der Waals surface area contributed by atoms with Crippen molar-refractivity contribution < 1.29 is 14.3 Å². The molecule has 4 nitrogen and oxygen atoms in total. The minimum Gasteiger partial charge on any atom is -0.485 e. The van der Waals surface area contributed by atoms with Crippen molar-refractivity contribution in [2.75, 3.05) is 6.61 Å². The number of ketones is 2. The van der Waals surface area contributed by atoms with Crippen molar-refractivity contribution >= 4 is 23.2 Å². The molecule has 0 spiro atoms. The number of benzene rings is 1. The number of aromatic nitrogens is 1. The molecule has 0 bridgehead atoms. The number of hydrogen-bond acceptors (Lipinski definition) is 3. The van der Waals surface area contributed by atoms with Gasteiger partial charge in [0.2, 0.25) is 5.78 Å². The minimum absolute atomic E-state index is 0.0592. The summed E-state index contributed by atoms with van der Waals surface area (Å²) in [5.74, 6) is 0.266. The fourth-order valence-electron chi connectivity index (χ4n) is 2.33. The van der Waals surface area contributed by atoms with Gasteiger partial charge in [-0.1, -0.05) is 17.7 Å². The quantitative estimate of drug-likeness (QED) is 0.856. The van der Waals surface area contributed by atoms with E-state index in [1.807, 2.05) is 0 Å². The molecule has 2 aromatic rings. The second-order valence-electron chi connectivity index (χ2n) is 4.85. The second kappa shape index (κ2) is 6.14. The second-order valence-corrected chi connectivity index (χ2v) is 5.29. The van der Waals surface area contributed by atoms with Gasteiger partial charge in [0, 0.05) is 16.3 Å². The van der Waals surface area contributed by atoms with E-state index >= 15 is 0 Å². The Morgan fingerprint density at radius 3 is 2.57 bits per heavy atom. The third kappa shape index (κ3) is 3.34. The van der Waals surface area contributed by atoms with Gasteiger partial charge in [-0.25, -0.2) is 0 Å². The molecule has 21 heavy (non-hydrogen) atoms. The number of aryl methyl sites for hydroxylation is 1. The van der Waals surface area contributed by atoms with Crippen LogP contribution in [0.2, 0.25) is 5.02 Å². The number of rotatable bonds is 5. The highest BCUT2D eigenvalue weighted by molar-refractivity contribution is 6.30. The Bertz CT molecular complexity index is 704. The smallest absolute Gasteiger partial charge is 0.216 e. The summed E-state index contributed by atoms with van der Waals surface area (Å²) in [7, 11) is 0. The van der Waals surface area contributed by atoms with E-state index in [1.54, 1.807) is 38.1 Å². The Hall–Kier alpha value is -2.07. The maximum atomic E-state index is 12.2. The monoisotopic (exact) mass is 305 g/mol. The zero-order valence-electron chi connectivity index (χ0n) is 12.1. The number of halogens is 1. The van der Waals surface area contributed by atoms with Crippen LogP contribution in [0.1, 0.15) is 39.0 Å². The van der Waals surface area contributed by atoms with Gasteiger partial charge in [0.1, 0.15) is 5.75 Å². The van der Waals surface area contributed by atoms with Crippen LogP contribution in [-0.4, -0.2) is 23.2 Å². The molecule has 0 fully saturated rings. The molecule has 2 rings (SSSR count). The fourth-order valence-corrected chi connectivity index (χ4v) is 2.52. The average molecular weight is 306 g/mol. The normalized spacial score (nSPS) is 10.5. The fraction of sp³-hybridized carbons (Fsp3) is 0.250. The van der Waals surface area contributed by atoms with Gasteiger partial charge in [0.25, 0.3) is 0 Å². The molecule has 0 atom stereocenters. The summed E-state index contributed by atoms with van der Waals surface area (Å²) < 4.78 is 5.43. The molecule has 110 valence electrons. The van der Waals surface area contributed by atoms with Crippen LogP contribution in [0, 0.1) is 13.8 Å². The van der Waals surface area contributed by atoms with E-state index in [0.29, 0.717) is 33.3 Å². The molecule has 0 saturated carbocycles. The molecule has 0 aliphatic carbocycles. The van der Waals surface area contributed by atoms with E-state index in [2.05, 4.69) is 4.98 Å². The molecular weight excluding hydrogens is 290 g/mol. The Labute approximate surface area is 128 Å². The van der Waals surface area contributed by atoms with Crippen LogP contribution in [0.4, 0.5) is 0 Å². The Kier molecular flexibility index (Phi) is 4.48. The summed E-state index contributed by atoms with van der Waals surface area (Å²) in [4.78, 5) is 26.7. The zero-order chi connectivity index (χ0) is 15.6. The molecule has 0 aliphatic rings. The number of carbonyl (C=O) groups excluding carboxylic acids is 2. The maximum absolute atomic E-state index is 12.2. The van der Waals surface area contributed by atoms with Gasteiger partial charge in [0.15, 0.2) is 12.4 Å². The third-order valence-electron chi connectivity index (χ3n) is 3.23. The van der Waals surface area contributed by atoms with Crippen LogP contribution in [0.15, 0.2) is 24.3 Å². The van der Waals surface area contributed by atoms with Gasteiger partial charge < -0.3 is 9.72 Å². The lowest BCUT2D eigenvalue weighted by atomic mass is 10.1. The first kappa shape index (κ1) is 15.3. The van der Waals surface area contributed by atoms with Crippen molar-refractivity contribution in [2.45, 2.75) is 20.8 Å². The molecule has 0 aliphatic heterocycles. The van der Waals surface area contributed by atoms with Gasteiger partial charge in [-0.15, -0.1) is 0 Å². The molecule has 5 heteroatoms. The highest BCUT2D eigenvalue weighted by Gasteiger charge is 2.19. The zero-order valence-corrected chi connectivity index (χ0v) is 12.9. The molecule has 1 heterocycles. The molecular formula is C16H16ClNO3. The summed E-state index contributed by atoms with van der Waals surface area (Å²) in [6, 6.07) is 6.85. The van der Waals surface area contributed by atoms with Gasteiger partial charge in [-0.3, -0.25) is 9.59 Å². The highest BCUT2D eigenvalue weighted by Crippen LogP contribution is 2.20. The van der Waals surface area contributed by atoms with Gasteiger partial charge >= 0.3 is 0 Å². The number of nitrogens with one attached hydrogen (secondary N) is 1. The molecule has 1 N–H and O–H groups in total. The van der Waals surface area contributed by atoms with E-state index in [0.717, 1.165) is 0 Å². The average Bonchev–Trinajstić information content (AvgIpc) is 2.71. The topological polar surface area (TPSA) is 59.2 Å². The predicted molar refractivity (Wildman–Crippen MR) is 81.5 cm³/mol. The summed E-state index contributed by atoms with van der Waals surface area (Å²) in [5.41, 5.74) is 2.35. The number of carbonyl (C=O) groups is 2. The Morgan fingerprint density at radius 2 is 2.00 bits per heavy atom. The third-order valence-corrected chi connectivity index (χ3v) is 3.47. The number of ether oxygens (including phenoxy) is 1. The first-order valence-corrected chi connectivity index (χ1v) is 6.89. The molecule has 1 aromatic carbocycles. The maximum Gasteiger partial charge on any atom is 0.216 e. The van der Waals surface area contributed by atoms with Gasteiger partial charge in [-0.05, 0) is 44.5 Å². The number of Topliss-reactive ketones (excluding diaryl/α,β-unsaturated/α-hetero) is 2. The first-order valence-electron chi connectivity index (χ1n) is 6.51. The molecule has 1 aromatic heterocycles. The number of H-pyrrole nitrogens is 1. The summed E-state index contributed by atoms with van der Waals surface area (Å²) in [6.45, 7) is 4.91. The Morgan fingerprint density at radius 1 is 1.29 bits per heavy atom. The van der Waals surface area contributed by atoms with Crippen LogP contribution in [-0.2, 0) is 0 Å². The SMILES string of the molecule is CC(=O)c1c(C)[nH]c(C(=O)COc2cccc(Cl)c2)c1C.